The summed E-state index contributed by atoms with van der Waals surface area (Å²) in [5.41, 5.74) is 1.76. The van der Waals surface area contributed by atoms with Crippen LogP contribution >= 0.6 is 0 Å². The summed E-state index contributed by atoms with van der Waals surface area (Å²) in [5, 5.41) is 9.76. The third-order valence-electron chi connectivity index (χ3n) is 3.66. The molecule has 134 valence electrons. The summed E-state index contributed by atoms with van der Waals surface area (Å²) in [6.07, 6.45) is 7.88. The lowest BCUT2D eigenvalue weighted by Gasteiger charge is -2.10. The number of pyridine rings is 1. The Morgan fingerprint density at radius 2 is 2.12 bits per heavy atom. The van der Waals surface area contributed by atoms with E-state index >= 15 is 0 Å². The van der Waals surface area contributed by atoms with Gasteiger partial charge in [0.25, 0.3) is 0 Å². The van der Waals surface area contributed by atoms with Crippen LogP contribution in [-0.4, -0.2) is 33.9 Å². The van der Waals surface area contributed by atoms with Crippen LogP contribution in [0, 0.1) is 0 Å². The largest absolute Gasteiger partial charge is 0.492 e. The second-order valence-electron chi connectivity index (χ2n) is 5.64. The monoisotopic (exact) mass is 351 g/mol. The number of benzene rings is 1. The van der Waals surface area contributed by atoms with Gasteiger partial charge < -0.3 is 15.4 Å². The molecule has 3 aromatic rings. The van der Waals surface area contributed by atoms with Gasteiger partial charge in [0.1, 0.15) is 12.4 Å². The normalized spacial score (nSPS) is 10.3. The van der Waals surface area contributed by atoms with Crippen LogP contribution in [0.5, 0.6) is 5.75 Å². The number of aromatic nitrogens is 3. The smallest absolute Gasteiger partial charge is 0.319 e. The molecule has 0 radical (unpaired) electrons. The molecule has 7 heteroatoms. The maximum atomic E-state index is 12.0. The third-order valence-corrected chi connectivity index (χ3v) is 3.66. The summed E-state index contributed by atoms with van der Waals surface area (Å²) in [6.45, 7) is 1.71. The van der Waals surface area contributed by atoms with Crippen molar-refractivity contribution >= 4 is 11.7 Å². The summed E-state index contributed by atoms with van der Waals surface area (Å²) in [4.78, 5) is 16.0. The van der Waals surface area contributed by atoms with Gasteiger partial charge in [-0.1, -0.05) is 12.1 Å². The van der Waals surface area contributed by atoms with Gasteiger partial charge in [-0.15, -0.1) is 0 Å². The summed E-state index contributed by atoms with van der Waals surface area (Å²) in [7, 11) is 0. The second-order valence-corrected chi connectivity index (χ2v) is 5.64. The van der Waals surface area contributed by atoms with Gasteiger partial charge in [-0.2, -0.15) is 5.10 Å². The predicted molar refractivity (Wildman–Crippen MR) is 99.1 cm³/mol. The van der Waals surface area contributed by atoms with Crippen molar-refractivity contribution in [2.24, 2.45) is 0 Å². The maximum absolute atomic E-state index is 12.0. The van der Waals surface area contributed by atoms with Crippen molar-refractivity contribution in [2.75, 3.05) is 18.5 Å². The number of carbonyl (C=O) groups excluding carboxylic acids is 1. The molecule has 0 fully saturated rings. The van der Waals surface area contributed by atoms with E-state index < -0.39 is 0 Å². The molecule has 1 aromatic carbocycles. The lowest BCUT2D eigenvalue weighted by atomic mass is 10.2. The van der Waals surface area contributed by atoms with Crippen molar-refractivity contribution in [3.63, 3.8) is 0 Å². The van der Waals surface area contributed by atoms with Crippen molar-refractivity contribution in [1.82, 2.24) is 20.1 Å². The van der Waals surface area contributed by atoms with Crippen molar-refractivity contribution in [1.29, 1.82) is 0 Å². The van der Waals surface area contributed by atoms with Crippen LogP contribution in [0.1, 0.15) is 5.56 Å². The number of urea groups is 1. The molecule has 0 aliphatic heterocycles. The molecule has 7 nitrogen and oxygen atoms in total. The Bertz CT molecular complexity index is 806. The third kappa shape index (κ3) is 5.62. The highest BCUT2D eigenvalue weighted by Gasteiger charge is 2.03. The fourth-order valence-electron chi connectivity index (χ4n) is 2.40. The zero-order valence-corrected chi connectivity index (χ0v) is 14.3. The van der Waals surface area contributed by atoms with Crippen molar-refractivity contribution < 1.29 is 9.53 Å². The minimum absolute atomic E-state index is 0.248. The van der Waals surface area contributed by atoms with Gasteiger partial charge >= 0.3 is 6.03 Å². The Labute approximate surface area is 152 Å². The molecule has 0 unspecified atom stereocenters. The van der Waals surface area contributed by atoms with Gasteiger partial charge in [0.2, 0.25) is 0 Å². The zero-order valence-electron chi connectivity index (χ0n) is 14.3. The van der Waals surface area contributed by atoms with Crippen LogP contribution in [0.2, 0.25) is 0 Å². The predicted octanol–water partition coefficient (Wildman–Crippen LogP) is 2.72. The Morgan fingerprint density at radius 3 is 2.92 bits per heavy atom. The van der Waals surface area contributed by atoms with E-state index in [2.05, 4.69) is 20.7 Å². The van der Waals surface area contributed by atoms with Gasteiger partial charge in [0.05, 0.1) is 6.54 Å². The highest BCUT2D eigenvalue weighted by molar-refractivity contribution is 5.89. The Kier molecular flexibility index (Phi) is 6.19. The maximum Gasteiger partial charge on any atom is 0.319 e. The number of amides is 2. The van der Waals surface area contributed by atoms with Crippen LogP contribution < -0.4 is 15.4 Å². The summed E-state index contributed by atoms with van der Waals surface area (Å²) in [5.74, 6) is 0.699. The van der Waals surface area contributed by atoms with Crippen LogP contribution in [0.3, 0.4) is 0 Å². The van der Waals surface area contributed by atoms with Crippen molar-refractivity contribution in [3.8, 4) is 5.75 Å². The molecule has 0 atom stereocenters. The topological polar surface area (TPSA) is 81.1 Å². The molecule has 26 heavy (non-hydrogen) atoms. The van der Waals surface area contributed by atoms with Crippen LogP contribution in [0.25, 0.3) is 0 Å². The molecule has 2 aromatic heterocycles. The fourth-order valence-corrected chi connectivity index (χ4v) is 2.40. The van der Waals surface area contributed by atoms with Gasteiger partial charge in [-0.05, 0) is 36.2 Å². The van der Waals surface area contributed by atoms with Gasteiger partial charge in [-0.25, -0.2) is 4.79 Å². The second kappa shape index (κ2) is 9.22. The number of rotatable bonds is 8. The summed E-state index contributed by atoms with van der Waals surface area (Å²) < 4.78 is 7.50. The van der Waals surface area contributed by atoms with Crippen LogP contribution in [0.4, 0.5) is 10.5 Å². The van der Waals surface area contributed by atoms with Gasteiger partial charge in [0, 0.05) is 43.1 Å². The average molecular weight is 351 g/mol. The lowest BCUT2D eigenvalue weighted by Crippen LogP contribution is -2.30. The zero-order chi connectivity index (χ0) is 18.0. The molecule has 0 saturated carbocycles. The quantitative estimate of drug-likeness (QED) is 0.654. The first kappa shape index (κ1) is 17.5. The minimum atomic E-state index is -0.248. The Morgan fingerprint density at radius 1 is 1.15 bits per heavy atom. The highest BCUT2D eigenvalue weighted by atomic mass is 16.5. The molecule has 0 aliphatic carbocycles. The van der Waals surface area contributed by atoms with E-state index in [4.69, 9.17) is 4.74 Å². The Hall–Kier alpha value is -3.35. The van der Waals surface area contributed by atoms with E-state index in [0.29, 0.717) is 31.1 Å². The SMILES string of the molecule is O=C(NCCc1cccnc1)Nc1cccc(OCCn2cccn2)c1. The molecule has 0 bridgehead atoms. The van der Waals surface area contributed by atoms with Crippen LogP contribution in [0.15, 0.2) is 67.3 Å². The first-order valence-electron chi connectivity index (χ1n) is 8.44. The van der Waals surface area contributed by atoms with Crippen molar-refractivity contribution in [2.45, 2.75) is 13.0 Å². The average Bonchev–Trinajstić information content (AvgIpc) is 3.16. The number of hydrogen-bond acceptors (Lipinski definition) is 4. The number of nitrogens with zero attached hydrogens (tertiary/aromatic N) is 3. The Balaban J connectivity index is 1.41. The fraction of sp³-hybridized carbons (Fsp3) is 0.211. The van der Waals surface area contributed by atoms with Crippen LogP contribution in [-0.2, 0) is 13.0 Å². The molecular formula is C19H21N5O2. The molecule has 3 rings (SSSR count). The van der Waals surface area contributed by atoms with Gasteiger partial charge in [-0.3, -0.25) is 9.67 Å². The summed E-state index contributed by atoms with van der Waals surface area (Å²) >= 11 is 0. The van der Waals surface area contributed by atoms with E-state index in [-0.39, 0.29) is 6.03 Å². The summed E-state index contributed by atoms with van der Waals surface area (Å²) in [6, 6.07) is 12.8. The van der Waals surface area contributed by atoms with E-state index in [1.165, 1.54) is 0 Å². The van der Waals surface area contributed by atoms with E-state index in [0.717, 1.165) is 12.0 Å². The minimum Gasteiger partial charge on any atom is -0.492 e. The molecule has 0 spiro atoms. The van der Waals surface area contributed by atoms with E-state index in [1.54, 1.807) is 29.3 Å². The molecule has 2 N–H and O–H groups in total. The number of anilines is 1. The van der Waals surface area contributed by atoms with E-state index in [9.17, 15) is 4.79 Å². The van der Waals surface area contributed by atoms with Gasteiger partial charge in [0.15, 0.2) is 0 Å². The lowest BCUT2D eigenvalue weighted by molar-refractivity contribution is 0.252. The number of ether oxygens (including phenoxy) is 1. The first-order chi connectivity index (χ1) is 12.8. The number of nitrogens with one attached hydrogen (secondary N) is 2. The first-order valence-corrected chi connectivity index (χ1v) is 8.44. The molecule has 2 heterocycles. The van der Waals surface area contributed by atoms with E-state index in [1.807, 2.05) is 42.6 Å². The standard InChI is InChI=1S/C19H21N5O2/c25-19(21-10-7-16-4-2-8-20-15-16)23-17-5-1-6-18(14-17)26-13-12-24-11-3-9-22-24/h1-6,8-9,11,14-15H,7,10,12-13H2,(H2,21,23,25). The highest BCUT2D eigenvalue weighted by Crippen LogP contribution is 2.17. The number of carbonyl (C=O) groups is 1. The molecule has 0 aliphatic rings. The van der Waals surface area contributed by atoms with Crippen molar-refractivity contribution in [3.05, 3.63) is 72.8 Å². The molecule has 2 amide bonds. The number of hydrogen-bond donors (Lipinski definition) is 2. The molecular weight excluding hydrogens is 330 g/mol. The molecule has 0 saturated heterocycles.